The Morgan fingerprint density at radius 2 is 1.92 bits per heavy atom. The van der Waals surface area contributed by atoms with E-state index in [0.29, 0.717) is 12.6 Å². The Hall–Kier alpha value is -2.24. The van der Waals surface area contributed by atoms with E-state index in [1.54, 1.807) is 14.0 Å². The van der Waals surface area contributed by atoms with E-state index >= 15 is 0 Å². The zero-order valence-electron chi connectivity index (χ0n) is 14.3. The lowest BCUT2D eigenvalue weighted by Crippen LogP contribution is -2.40. The van der Waals surface area contributed by atoms with Gasteiger partial charge in [-0.1, -0.05) is 19.1 Å². The van der Waals surface area contributed by atoms with Gasteiger partial charge in [0.15, 0.2) is 0 Å². The van der Waals surface area contributed by atoms with Crippen molar-refractivity contribution >= 4 is 12.0 Å². The third-order valence-corrected chi connectivity index (χ3v) is 4.29. The average molecular weight is 334 g/mol. The van der Waals surface area contributed by atoms with Gasteiger partial charge < -0.3 is 20.1 Å². The fraction of sp³-hybridized carbons (Fsp3) is 0.556. The number of benzene rings is 1. The number of ether oxygens (including phenoxy) is 1. The lowest BCUT2D eigenvalue weighted by molar-refractivity contribution is -0.141. The summed E-state index contributed by atoms with van der Waals surface area (Å²) in [5.41, 5.74) is 0.974. The molecule has 2 N–H and O–H groups in total. The molecule has 0 bridgehead atoms. The third kappa shape index (κ3) is 5.44. The summed E-state index contributed by atoms with van der Waals surface area (Å²) in [6.07, 6.45) is 5.06. The summed E-state index contributed by atoms with van der Waals surface area (Å²) in [6.45, 7) is 2.15. The smallest absolute Gasteiger partial charge is 0.317 e. The van der Waals surface area contributed by atoms with Crippen LogP contribution in [0.1, 0.15) is 38.2 Å². The van der Waals surface area contributed by atoms with E-state index in [2.05, 4.69) is 5.32 Å². The van der Waals surface area contributed by atoms with Crippen LogP contribution < -0.4 is 10.1 Å². The number of carbonyl (C=O) groups is 2. The highest BCUT2D eigenvalue weighted by atomic mass is 16.5. The van der Waals surface area contributed by atoms with E-state index in [0.717, 1.165) is 24.2 Å². The van der Waals surface area contributed by atoms with Crippen molar-refractivity contribution in [2.45, 2.75) is 45.3 Å². The van der Waals surface area contributed by atoms with Crippen LogP contribution >= 0.6 is 0 Å². The molecule has 1 saturated carbocycles. The van der Waals surface area contributed by atoms with E-state index in [-0.39, 0.29) is 12.6 Å². The second-order valence-electron chi connectivity index (χ2n) is 6.45. The molecule has 1 aromatic rings. The van der Waals surface area contributed by atoms with Crippen LogP contribution in [-0.2, 0) is 11.3 Å². The van der Waals surface area contributed by atoms with Crippen LogP contribution in [0.15, 0.2) is 24.3 Å². The molecule has 2 rings (SSSR count). The normalized spacial score (nSPS) is 15.8. The molecule has 0 radical (unpaired) electrons. The number of aliphatic carboxylic acids is 1. The number of carbonyl (C=O) groups excluding carboxylic acids is 1. The quantitative estimate of drug-likeness (QED) is 0.803. The van der Waals surface area contributed by atoms with Crippen LogP contribution in [0.4, 0.5) is 4.79 Å². The summed E-state index contributed by atoms with van der Waals surface area (Å²) in [7, 11) is 1.59. The number of urea groups is 1. The lowest BCUT2D eigenvalue weighted by atomic mass is 10.2. The van der Waals surface area contributed by atoms with Crippen LogP contribution in [0.5, 0.6) is 5.75 Å². The molecule has 6 nitrogen and oxygen atoms in total. The fourth-order valence-corrected chi connectivity index (χ4v) is 2.77. The number of nitrogens with one attached hydrogen (secondary N) is 1. The number of amides is 2. The van der Waals surface area contributed by atoms with Gasteiger partial charge in [0.1, 0.15) is 5.75 Å². The standard InChI is InChI=1S/C18H26N2O4/c1-13(17(21)22)12-20(2)18(23)19-11-14-7-9-16(10-8-14)24-15-5-3-4-6-15/h7-10,13,15H,3-6,11-12H2,1-2H3,(H,19,23)(H,21,22). The van der Waals surface area contributed by atoms with Crippen molar-refractivity contribution in [3.8, 4) is 5.75 Å². The van der Waals surface area contributed by atoms with Crippen LogP contribution in [0, 0.1) is 5.92 Å². The highest BCUT2D eigenvalue weighted by Gasteiger charge is 2.17. The van der Waals surface area contributed by atoms with Crippen LogP contribution in [0.3, 0.4) is 0 Å². The van der Waals surface area contributed by atoms with Gasteiger partial charge in [0, 0.05) is 20.1 Å². The van der Waals surface area contributed by atoms with E-state index in [1.807, 2.05) is 24.3 Å². The molecule has 1 aliphatic carbocycles. The second kappa shape index (κ2) is 8.57. The zero-order valence-corrected chi connectivity index (χ0v) is 14.3. The molecule has 1 aliphatic rings. The van der Waals surface area contributed by atoms with Crippen molar-refractivity contribution in [3.63, 3.8) is 0 Å². The summed E-state index contributed by atoms with van der Waals surface area (Å²) in [5, 5.41) is 11.7. The topological polar surface area (TPSA) is 78.9 Å². The van der Waals surface area contributed by atoms with Gasteiger partial charge in [0.05, 0.1) is 12.0 Å². The third-order valence-electron chi connectivity index (χ3n) is 4.29. The number of nitrogens with zero attached hydrogens (tertiary/aromatic N) is 1. The maximum Gasteiger partial charge on any atom is 0.317 e. The molecule has 1 fully saturated rings. The van der Waals surface area contributed by atoms with Gasteiger partial charge in [-0.15, -0.1) is 0 Å². The van der Waals surface area contributed by atoms with Gasteiger partial charge in [-0.3, -0.25) is 4.79 Å². The molecule has 0 aromatic heterocycles. The largest absolute Gasteiger partial charge is 0.490 e. The Morgan fingerprint density at radius 3 is 2.50 bits per heavy atom. The van der Waals surface area contributed by atoms with Gasteiger partial charge in [0.25, 0.3) is 0 Å². The highest BCUT2D eigenvalue weighted by molar-refractivity contribution is 5.75. The maximum atomic E-state index is 12.0. The number of carboxylic acid groups (broad SMARTS) is 1. The van der Waals surface area contributed by atoms with Gasteiger partial charge in [0.2, 0.25) is 0 Å². The molecule has 0 heterocycles. The molecular formula is C18H26N2O4. The molecule has 132 valence electrons. The van der Waals surface area contributed by atoms with E-state index in [9.17, 15) is 9.59 Å². The first kappa shape index (κ1) is 18.1. The lowest BCUT2D eigenvalue weighted by Gasteiger charge is -2.20. The molecule has 1 atom stereocenters. The molecular weight excluding hydrogens is 308 g/mol. The van der Waals surface area contributed by atoms with E-state index < -0.39 is 11.9 Å². The Labute approximate surface area is 142 Å². The summed E-state index contributed by atoms with van der Waals surface area (Å²) in [4.78, 5) is 24.2. The van der Waals surface area contributed by atoms with Crippen molar-refractivity contribution < 1.29 is 19.4 Å². The monoisotopic (exact) mass is 334 g/mol. The molecule has 2 amide bonds. The average Bonchev–Trinajstić information content (AvgIpc) is 3.06. The number of rotatable bonds is 7. The Bertz CT molecular complexity index is 553. The van der Waals surface area contributed by atoms with Crippen LogP contribution in [0.2, 0.25) is 0 Å². The predicted octanol–water partition coefficient (Wildman–Crippen LogP) is 2.87. The maximum absolute atomic E-state index is 12.0. The Kier molecular flexibility index (Phi) is 6.46. The first-order chi connectivity index (χ1) is 11.5. The van der Waals surface area contributed by atoms with E-state index in [1.165, 1.54) is 17.7 Å². The van der Waals surface area contributed by atoms with Crippen LogP contribution in [-0.4, -0.2) is 41.7 Å². The zero-order chi connectivity index (χ0) is 17.5. The van der Waals surface area contributed by atoms with Crippen LogP contribution in [0.25, 0.3) is 0 Å². The summed E-state index contributed by atoms with van der Waals surface area (Å²) in [5.74, 6) is -0.635. The van der Waals surface area contributed by atoms with Crippen molar-refractivity contribution in [3.05, 3.63) is 29.8 Å². The summed E-state index contributed by atoms with van der Waals surface area (Å²) < 4.78 is 5.91. The van der Waals surface area contributed by atoms with Gasteiger partial charge in [-0.2, -0.15) is 0 Å². The number of hydrogen-bond acceptors (Lipinski definition) is 3. The first-order valence-corrected chi connectivity index (χ1v) is 8.43. The van der Waals surface area contributed by atoms with Gasteiger partial charge in [-0.25, -0.2) is 4.79 Å². The minimum absolute atomic E-state index is 0.176. The van der Waals surface area contributed by atoms with E-state index in [4.69, 9.17) is 9.84 Å². The molecule has 24 heavy (non-hydrogen) atoms. The molecule has 6 heteroatoms. The van der Waals surface area contributed by atoms with Crippen molar-refractivity contribution in [2.24, 2.45) is 5.92 Å². The van der Waals surface area contributed by atoms with Crippen molar-refractivity contribution in [1.29, 1.82) is 0 Å². The molecule has 0 spiro atoms. The Balaban J connectivity index is 1.76. The summed E-state index contributed by atoms with van der Waals surface area (Å²) >= 11 is 0. The predicted molar refractivity (Wildman–Crippen MR) is 91.0 cm³/mol. The molecule has 1 aromatic carbocycles. The highest BCUT2D eigenvalue weighted by Crippen LogP contribution is 2.24. The molecule has 1 unspecified atom stereocenters. The summed E-state index contributed by atoms with van der Waals surface area (Å²) in [6, 6.07) is 7.44. The minimum atomic E-state index is -0.910. The molecule has 0 saturated heterocycles. The van der Waals surface area contributed by atoms with Gasteiger partial charge >= 0.3 is 12.0 Å². The van der Waals surface area contributed by atoms with Crippen molar-refractivity contribution in [2.75, 3.05) is 13.6 Å². The number of hydrogen-bond donors (Lipinski definition) is 2. The second-order valence-corrected chi connectivity index (χ2v) is 6.45. The fourth-order valence-electron chi connectivity index (χ4n) is 2.77. The Morgan fingerprint density at radius 1 is 1.29 bits per heavy atom. The minimum Gasteiger partial charge on any atom is -0.490 e. The van der Waals surface area contributed by atoms with Gasteiger partial charge in [-0.05, 0) is 43.4 Å². The molecule has 0 aliphatic heterocycles. The first-order valence-electron chi connectivity index (χ1n) is 8.43. The van der Waals surface area contributed by atoms with Crippen molar-refractivity contribution in [1.82, 2.24) is 10.2 Å². The SMILES string of the molecule is CC(CN(C)C(=O)NCc1ccc(OC2CCCC2)cc1)C(=O)O. The number of carboxylic acids is 1.